The molecule has 2 amide bonds. The lowest BCUT2D eigenvalue weighted by Crippen LogP contribution is -2.62. The fourth-order valence-electron chi connectivity index (χ4n) is 4.55. The molecule has 24 heavy (non-hydrogen) atoms. The molecule has 7 heteroatoms. The van der Waals surface area contributed by atoms with Gasteiger partial charge in [0.1, 0.15) is 0 Å². The third kappa shape index (κ3) is 3.17. The van der Waals surface area contributed by atoms with Crippen molar-refractivity contribution < 1.29 is 19.4 Å². The number of carbonyl (C=O) groups excluding carboxylic acids is 2. The molecule has 0 bridgehead atoms. The first kappa shape index (κ1) is 17.6. The molecule has 136 valence electrons. The predicted molar refractivity (Wildman–Crippen MR) is 88.0 cm³/mol. The average molecular weight is 339 g/mol. The quantitative estimate of drug-likeness (QED) is 0.725. The van der Waals surface area contributed by atoms with E-state index >= 15 is 0 Å². The Kier molecular flexibility index (Phi) is 5.13. The maximum Gasteiger partial charge on any atom is 0.236 e. The minimum absolute atomic E-state index is 0.0442. The molecule has 0 unspecified atom stereocenters. The minimum Gasteiger partial charge on any atom is -0.392 e. The molecule has 0 aromatic heterocycles. The van der Waals surface area contributed by atoms with Gasteiger partial charge in [-0.1, -0.05) is 0 Å². The van der Waals surface area contributed by atoms with Crippen LogP contribution in [-0.2, 0) is 14.3 Å². The van der Waals surface area contributed by atoms with Gasteiger partial charge >= 0.3 is 0 Å². The number of hydrogen-bond acceptors (Lipinski definition) is 5. The van der Waals surface area contributed by atoms with Gasteiger partial charge in [-0.3, -0.25) is 14.5 Å². The number of aliphatic hydroxyl groups is 1. The van der Waals surface area contributed by atoms with Crippen LogP contribution in [0, 0.1) is 11.3 Å². The van der Waals surface area contributed by atoms with Crippen LogP contribution < -0.4 is 5.73 Å². The molecule has 1 saturated carbocycles. The summed E-state index contributed by atoms with van der Waals surface area (Å²) in [5.41, 5.74) is 5.20. The summed E-state index contributed by atoms with van der Waals surface area (Å²) in [6, 6.07) is 0. The fraction of sp³-hybridized carbons (Fsp3) is 0.882. The van der Waals surface area contributed by atoms with Crippen LogP contribution in [0.2, 0.25) is 0 Å². The number of likely N-dealkylation sites (tertiary alicyclic amines) is 2. The van der Waals surface area contributed by atoms with Crippen LogP contribution in [-0.4, -0.2) is 78.8 Å². The van der Waals surface area contributed by atoms with E-state index in [0.29, 0.717) is 26.1 Å². The van der Waals surface area contributed by atoms with Gasteiger partial charge in [-0.25, -0.2) is 0 Å². The second kappa shape index (κ2) is 6.98. The van der Waals surface area contributed by atoms with E-state index in [1.807, 2.05) is 4.90 Å². The number of carbonyl (C=O) groups is 2. The van der Waals surface area contributed by atoms with Crippen LogP contribution in [0.3, 0.4) is 0 Å². The van der Waals surface area contributed by atoms with Crippen LogP contribution in [0.15, 0.2) is 0 Å². The molecule has 1 aliphatic carbocycles. The topological polar surface area (TPSA) is 96.1 Å². The van der Waals surface area contributed by atoms with Crippen LogP contribution in [0.5, 0.6) is 0 Å². The molecule has 3 rings (SSSR count). The van der Waals surface area contributed by atoms with E-state index in [1.54, 1.807) is 7.11 Å². The standard InChI is InChI=1S/C17H29N3O4/c1-24-14-10-13(21)17(14)4-8-20(9-5-17)15(22)11-19-6-2-12(3-7-19)16(18)23/h12-14,21H,2-11H2,1H3,(H2,18,23)/t13-,14+/m1/s1. The SMILES string of the molecule is CO[C@H]1C[C@@H](O)C12CCN(C(=O)CN1CCC(C(N)=O)CC1)CC2. The number of piperidine rings is 2. The van der Waals surface area contributed by atoms with E-state index in [1.165, 1.54) is 0 Å². The highest BCUT2D eigenvalue weighted by atomic mass is 16.5. The van der Waals surface area contributed by atoms with E-state index in [4.69, 9.17) is 10.5 Å². The molecule has 1 spiro atoms. The molecule has 2 saturated heterocycles. The number of rotatable bonds is 4. The molecule has 7 nitrogen and oxygen atoms in total. The van der Waals surface area contributed by atoms with E-state index in [2.05, 4.69) is 4.90 Å². The first-order valence-electron chi connectivity index (χ1n) is 8.96. The number of hydrogen-bond donors (Lipinski definition) is 2. The monoisotopic (exact) mass is 339 g/mol. The van der Waals surface area contributed by atoms with Crippen molar-refractivity contribution in [2.45, 2.75) is 44.3 Å². The maximum atomic E-state index is 12.5. The van der Waals surface area contributed by atoms with Crippen molar-refractivity contribution in [1.82, 2.24) is 9.80 Å². The average Bonchev–Trinajstić information content (AvgIpc) is 2.60. The highest BCUT2D eigenvalue weighted by molar-refractivity contribution is 5.79. The predicted octanol–water partition coefficient (Wildman–Crippen LogP) is -0.428. The fourth-order valence-corrected chi connectivity index (χ4v) is 4.55. The van der Waals surface area contributed by atoms with Crippen molar-refractivity contribution in [3.63, 3.8) is 0 Å². The molecule has 0 aromatic carbocycles. The van der Waals surface area contributed by atoms with Gasteiger partial charge in [0, 0.05) is 38.0 Å². The molecule has 0 aromatic rings. The Bertz CT molecular complexity index is 482. The summed E-state index contributed by atoms with van der Waals surface area (Å²) in [7, 11) is 1.70. The summed E-state index contributed by atoms with van der Waals surface area (Å²) in [5.74, 6) is -0.128. The number of methoxy groups -OCH3 is 1. The number of amides is 2. The second-order valence-electron chi connectivity index (χ2n) is 7.54. The summed E-state index contributed by atoms with van der Waals surface area (Å²) >= 11 is 0. The van der Waals surface area contributed by atoms with Gasteiger partial charge < -0.3 is 20.5 Å². The molecular formula is C17H29N3O4. The van der Waals surface area contributed by atoms with Crippen molar-refractivity contribution in [3.8, 4) is 0 Å². The lowest BCUT2D eigenvalue weighted by Gasteiger charge is -2.56. The Morgan fingerprint density at radius 3 is 2.33 bits per heavy atom. The van der Waals surface area contributed by atoms with Gasteiger partial charge in [0.25, 0.3) is 0 Å². The Balaban J connectivity index is 1.45. The molecule has 2 atom stereocenters. The van der Waals surface area contributed by atoms with E-state index in [0.717, 1.165) is 38.8 Å². The molecule has 0 radical (unpaired) electrons. The molecule has 3 aliphatic rings. The van der Waals surface area contributed by atoms with Crippen LogP contribution >= 0.6 is 0 Å². The van der Waals surface area contributed by atoms with Crippen molar-refractivity contribution in [3.05, 3.63) is 0 Å². The zero-order valence-electron chi connectivity index (χ0n) is 14.4. The normalized spacial score (nSPS) is 31.0. The number of aliphatic hydroxyl groups excluding tert-OH is 1. The number of ether oxygens (including phenoxy) is 1. The van der Waals surface area contributed by atoms with Gasteiger partial charge in [-0.15, -0.1) is 0 Å². The van der Waals surface area contributed by atoms with E-state index in [9.17, 15) is 14.7 Å². The summed E-state index contributed by atoms with van der Waals surface area (Å²) in [5, 5.41) is 10.2. The minimum atomic E-state index is -0.299. The highest BCUT2D eigenvalue weighted by Crippen LogP contribution is 2.50. The zero-order chi connectivity index (χ0) is 17.3. The van der Waals surface area contributed by atoms with Crippen molar-refractivity contribution in [2.24, 2.45) is 17.1 Å². The van der Waals surface area contributed by atoms with Gasteiger partial charge in [0.05, 0.1) is 18.8 Å². The highest BCUT2D eigenvalue weighted by Gasteiger charge is 2.56. The second-order valence-corrected chi connectivity index (χ2v) is 7.54. The van der Waals surface area contributed by atoms with E-state index < -0.39 is 0 Å². The number of nitrogens with zero attached hydrogens (tertiary/aromatic N) is 2. The third-order valence-electron chi connectivity index (χ3n) is 6.42. The first-order chi connectivity index (χ1) is 11.5. The first-order valence-corrected chi connectivity index (χ1v) is 8.96. The maximum absolute atomic E-state index is 12.5. The van der Waals surface area contributed by atoms with Gasteiger partial charge in [-0.2, -0.15) is 0 Å². The Morgan fingerprint density at radius 2 is 1.83 bits per heavy atom. The van der Waals surface area contributed by atoms with Gasteiger partial charge in [0.2, 0.25) is 11.8 Å². The summed E-state index contributed by atoms with van der Waals surface area (Å²) < 4.78 is 5.49. The van der Waals surface area contributed by atoms with Gasteiger partial charge in [0.15, 0.2) is 0 Å². The lowest BCUT2D eigenvalue weighted by molar-refractivity contribution is -0.202. The molecule has 2 heterocycles. The summed E-state index contributed by atoms with van der Waals surface area (Å²) in [6.45, 7) is 3.29. The summed E-state index contributed by atoms with van der Waals surface area (Å²) in [4.78, 5) is 27.8. The molecule has 2 aliphatic heterocycles. The molecular weight excluding hydrogens is 310 g/mol. The third-order valence-corrected chi connectivity index (χ3v) is 6.42. The number of primary amides is 1. The van der Waals surface area contributed by atoms with Crippen LogP contribution in [0.25, 0.3) is 0 Å². The lowest BCUT2D eigenvalue weighted by atomic mass is 9.58. The molecule has 3 N–H and O–H groups in total. The Morgan fingerprint density at radius 1 is 1.21 bits per heavy atom. The molecule has 3 fully saturated rings. The smallest absolute Gasteiger partial charge is 0.236 e. The largest absolute Gasteiger partial charge is 0.392 e. The zero-order valence-corrected chi connectivity index (χ0v) is 14.4. The Hall–Kier alpha value is -1.18. The Labute approximate surface area is 143 Å². The van der Waals surface area contributed by atoms with E-state index in [-0.39, 0.29) is 35.4 Å². The van der Waals surface area contributed by atoms with Crippen molar-refractivity contribution >= 4 is 11.8 Å². The van der Waals surface area contributed by atoms with Crippen LogP contribution in [0.1, 0.15) is 32.1 Å². The van der Waals surface area contributed by atoms with Crippen molar-refractivity contribution in [1.29, 1.82) is 0 Å². The number of nitrogens with two attached hydrogens (primary N) is 1. The summed E-state index contributed by atoms with van der Waals surface area (Å²) in [6.07, 6.45) is 3.63. The van der Waals surface area contributed by atoms with Crippen LogP contribution in [0.4, 0.5) is 0 Å². The van der Waals surface area contributed by atoms with Crippen molar-refractivity contribution in [2.75, 3.05) is 39.8 Å². The van der Waals surface area contributed by atoms with Gasteiger partial charge in [-0.05, 0) is 38.8 Å².